The van der Waals surface area contributed by atoms with E-state index in [0.717, 1.165) is 142 Å². The van der Waals surface area contributed by atoms with Crippen LogP contribution < -0.4 is 0 Å². The molecule has 76 heavy (non-hydrogen) atoms. The third-order valence-electron chi connectivity index (χ3n) is 14.2. The summed E-state index contributed by atoms with van der Waals surface area (Å²) in [7, 11) is 0. The number of carbonyl (C=O) groups is 7. The van der Waals surface area contributed by atoms with Crippen LogP contribution in [-0.2, 0) is 61.9 Å². The Morgan fingerprint density at radius 2 is 0.737 bits per heavy atom. The lowest BCUT2D eigenvalue weighted by Gasteiger charge is -2.29. The van der Waals surface area contributed by atoms with E-state index in [0.29, 0.717) is 51.5 Å². The van der Waals surface area contributed by atoms with Crippen molar-refractivity contribution in [2.75, 3.05) is 65.8 Å². The molecule has 0 saturated carbocycles. The van der Waals surface area contributed by atoms with Crippen molar-refractivity contribution >= 4 is 41.9 Å². The van der Waals surface area contributed by atoms with Crippen molar-refractivity contribution in [1.82, 2.24) is 9.80 Å². The molecule has 17 nitrogen and oxygen atoms in total. The maximum atomic E-state index is 13.8. The third kappa shape index (κ3) is 35.4. The van der Waals surface area contributed by atoms with Crippen LogP contribution in [0.1, 0.15) is 240 Å². The first-order chi connectivity index (χ1) is 36.9. The summed E-state index contributed by atoms with van der Waals surface area (Å²) in [4.78, 5) is 95.9. The molecule has 2 atom stereocenters. The molecule has 2 heterocycles. The molecule has 1 N–H and O–H groups in total. The molecule has 1 amide bonds. The van der Waals surface area contributed by atoms with Gasteiger partial charge in [0.15, 0.2) is 12.2 Å². The molecule has 0 aliphatic carbocycles. The van der Waals surface area contributed by atoms with Gasteiger partial charge in [-0.1, -0.05) is 156 Å². The van der Waals surface area contributed by atoms with E-state index in [4.69, 9.17) is 33.2 Å². The van der Waals surface area contributed by atoms with Crippen molar-refractivity contribution in [3.05, 3.63) is 0 Å². The smallest absolute Gasteiger partial charge is 0.410 e. The largest absolute Gasteiger partial charge is 0.465 e. The minimum atomic E-state index is -1.11. The predicted octanol–water partition coefficient (Wildman–Crippen LogP) is 11.3. The van der Waals surface area contributed by atoms with Crippen LogP contribution in [0.25, 0.3) is 0 Å². The zero-order valence-corrected chi connectivity index (χ0v) is 47.8. The summed E-state index contributed by atoms with van der Waals surface area (Å²) < 4.78 is 40.0. The zero-order valence-electron chi connectivity index (χ0n) is 47.8. The van der Waals surface area contributed by atoms with Gasteiger partial charge in [0.05, 0.1) is 65.1 Å². The van der Waals surface area contributed by atoms with Gasteiger partial charge in [-0.25, -0.2) is 4.79 Å². The monoisotopic (exact) mass is 1080 g/mol. The maximum absolute atomic E-state index is 13.8. The molecule has 0 bridgehead atoms. The SMILES string of the molecule is CCCCCCCCC(=O)OCC(COC(=O)CCCCCCCC)CC(=O)O[C@H]1CN(C(=O)OCCCN2CCC(O)CC2)C[C@@H]1OC(=O)CC(COC(=O)CCCCCCCC)COC(=O)CCCCCCCC. The maximum Gasteiger partial charge on any atom is 0.410 e. The van der Waals surface area contributed by atoms with Crippen LogP contribution in [0.2, 0.25) is 0 Å². The summed E-state index contributed by atoms with van der Waals surface area (Å²) in [5.41, 5.74) is 0. The first-order valence-electron chi connectivity index (χ1n) is 30.2. The highest BCUT2D eigenvalue weighted by Gasteiger charge is 2.42. The lowest BCUT2D eigenvalue weighted by Crippen LogP contribution is -2.37. The van der Waals surface area contributed by atoms with Crippen molar-refractivity contribution in [3.8, 4) is 0 Å². The van der Waals surface area contributed by atoms with Gasteiger partial charge in [0.1, 0.15) is 0 Å². The van der Waals surface area contributed by atoms with Crippen LogP contribution in [-0.4, -0.2) is 141 Å². The molecule has 2 fully saturated rings. The number of rotatable bonds is 46. The summed E-state index contributed by atoms with van der Waals surface area (Å²) in [5.74, 6) is -4.54. The number of aliphatic hydroxyl groups is 1. The Labute approximate surface area is 457 Å². The average Bonchev–Trinajstić information content (AvgIpc) is 3.79. The molecule has 2 rings (SSSR count). The fraction of sp³-hybridized carbons (Fsp3) is 0.881. The van der Waals surface area contributed by atoms with Crippen molar-refractivity contribution in [2.45, 2.75) is 258 Å². The highest BCUT2D eigenvalue weighted by Crippen LogP contribution is 2.23. The van der Waals surface area contributed by atoms with E-state index in [9.17, 15) is 38.7 Å². The molecule has 2 saturated heterocycles. The second kappa shape index (κ2) is 44.9. The second-order valence-corrected chi connectivity index (χ2v) is 21.4. The molecule has 0 aromatic carbocycles. The van der Waals surface area contributed by atoms with Gasteiger partial charge in [-0.05, 0) is 44.9 Å². The Hall–Kier alpha value is -3.99. The molecule has 17 heteroatoms. The van der Waals surface area contributed by atoms with E-state index < -0.39 is 66.0 Å². The minimum Gasteiger partial charge on any atom is -0.465 e. The summed E-state index contributed by atoms with van der Waals surface area (Å²) in [5, 5.41) is 9.88. The third-order valence-corrected chi connectivity index (χ3v) is 14.2. The molecular weight excluding hydrogens is 977 g/mol. The molecular formula is C59H104N2O15. The van der Waals surface area contributed by atoms with Gasteiger partial charge in [0.2, 0.25) is 0 Å². The molecule has 2 aliphatic heterocycles. The summed E-state index contributed by atoms with van der Waals surface area (Å²) in [6.07, 6.45) is 23.1. The molecule has 0 unspecified atom stereocenters. The highest BCUT2D eigenvalue weighted by atomic mass is 16.6. The number of nitrogens with zero attached hydrogens (tertiary/aromatic N) is 2. The number of likely N-dealkylation sites (tertiary alicyclic amines) is 2. The van der Waals surface area contributed by atoms with Crippen LogP contribution in [0.4, 0.5) is 4.79 Å². The molecule has 0 aromatic heterocycles. The summed E-state index contributed by atoms with van der Waals surface area (Å²) in [6, 6.07) is 0. The predicted molar refractivity (Wildman–Crippen MR) is 291 cm³/mol. The quantitative estimate of drug-likeness (QED) is 0.0341. The number of piperidine rings is 1. The van der Waals surface area contributed by atoms with Gasteiger partial charge >= 0.3 is 41.9 Å². The molecule has 0 aromatic rings. The lowest BCUT2D eigenvalue weighted by atomic mass is 10.1. The number of hydrogen-bond acceptors (Lipinski definition) is 16. The number of aliphatic hydroxyl groups excluding tert-OH is 1. The first kappa shape index (κ1) is 68.1. The lowest BCUT2D eigenvalue weighted by molar-refractivity contribution is -0.167. The Morgan fingerprint density at radius 3 is 1.07 bits per heavy atom. The minimum absolute atomic E-state index is 0.122. The van der Waals surface area contributed by atoms with Gasteiger partial charge in [-0.2, -0.15) is 0 Å². The van der Waals surface area contributed by atoms with Crippen LogP contribution >= 0.6 is 0 Å². The zero-order chi connectivity index (χ0) is 55.4. The number of hydrogen-bond donors (Lipinski definition) is 1. The van der Waals surface area contributed by atoms with E-state index in [1.54, 1.807) is 0 Å². The second-order valence-electron chi connectivity index (χ2n) is 21.4. The van der Waals surface area contributed by atoms with E-state index >= 15 is 0 Å². The normalized spacial score (nSPS) is 16.0. The Bertz CT molecular complexity index is 1420. The molecule has 0 radical (unpaired) electrons. The van der Waals surface area contributed by atoms with Crippen LogP contribution in [0, 0.1) is 11.8 Å². The van der Waals surface area contributed by atoms with E-state index in [1.807, 2.05) is 0 Å². The summed E-state index contributed by atoms with van der Waals surface area (Å²) in [6.45, 7) is 9.91. The van der Waals surface area contributed by atoms with Crippen molar-refractivity contribution in [3.63, 3.8) is 0 Å². The van der Waals surface area contributed by atoms with Gasteiger partial charge in [0.25, 0.3) is 0 Å². The van der Waals surface area contributed by atoms with E-state index in [1.165, 1.54) is 4.90 Å². The van der Waals surface area contributed by atoms with E-state index in [-0.39, 0.29) is 90.8 Å². The Morgan fingerprint density at radius 1 is 0.421 bits per heavy atom. The highest BCUT2D eigenvalue weighted by molar-refractivity contribution is 5.74. The molecule has 2 aliphatic rings. The first-order valence-corrected chi connectivity index (χ1v) is 30.2. The van der Waals surface area contributed by atoms with Crippen LogP contribution in [0.5, 0.6) is 0 Å². The van der Waals surface area contributed by atoms with Gasteiger partial charge in [0, 0.05) is 57.2 Å². The van der Waals surface area contributed by atoms with Crippen LogP contribution in [0.3, 0.4) is 0 Å². The Balaban J connectivity index is 2.19. The topological polar surface area (TPSA) is 211 Å². The van der Waals surface area contributed by atoms with Crippen LogP contribution in [0.15, 0.2) is 0 Å². The van der Waals surface area contributed by atoms with Gasteiger partial charge in [-0.15, -0.1) is 0 Å². The van der Waals surface area contributed by atoms with Crippen molar-refractivity contribution < 1.29 is 71.8 Å². The molecule has 440 valence electrons. The fourth-order valence-corrected chi connectivity index (χ4v) is 9.37. The number of carbonyl (C=O) groups excluding carboxylic acids is 7. The number of esters is 6. The van der Waals surface area contributed by atoms with Gasteiger partial charge < -0.3 is 48.1 Å². The average molecular weight is 1080 g/mol. The Kier molecular flexibility index (Phi) is 40.3. The van der Waals surface area contributed by atoms with E-state index in [2.05, 4.69) is 32.6 Å². The standard InChI is InChI=1S/C59H104N2O15/c1-5-9-13-17-21-25-30-53(63)71-44-48(45-72-54(64)31-26-22-18-14-10-6-2)40-57(67)75-51-42-61(59(69)70-39-29-36-60-37-34-50(62)35-38-60)43-52(51)76-58(68)41-49(46-73-55(65)32-27-23-19-15-11-7-3)47-74-56(66)33-28-24-20-16-12-8-4/h48-52,62H,5-47H2,1-4H3/t51-,52-/m0/s1. The number of ether oxygens (including phenoxy) is 7. The number of amides is 1. The summed E-state index contributed by atoms with van der Waals surface area (Å²) >= 11 is 0. The van der Waals surface area contributed by atoms with Crippen molar-refractivity contribution in [2.24, 2.45) is 11.8 Å². The van der Waals surface area contributed by atoms with Gasteiger partial charge in [-0.3, -0.25) is 28.8 Å². The fourth-order valence-electron chi connectivity index (χ4n) is 9.37. The number of unbranched alkanes of at least 4 members (excludes halogenated alkanes) is 20. The molecule has 0 spiro atoms. The van der Waals surface area contributed by atoms with Crippen molar-refractivity contribution in [1.29, 1.82) is 0 Å².